The number of amides is 1. The molecule has 4 rings (SSSR count). The van der Waals surface area contributed by atoms with Gasteiger partial charge >= 0.3 is 0 Å². The predicted octanol–water partition coefficient (Wildman–Crippen LogP) is 3.94. The van der Waals surface area contributed by atoms with E-state index in [1.54, 1.807) is 23.1 Å². The summed E-state index contributed by atoms with van der Waals surface area (Å²) in [7, 11) is 0. The summed E-state index contributed by atoms with van der Waals surface area (Å²) in [5, 5.41) is 11.3. The van der Waals surface area contributed by atoms with E-state index in [0.717, 1.165) is 25.2 Å². The Morgan fingerprint density at radius 2 is 1.65 bits per heavy atom. The van der Waals surface area contributed by atoms with Crippen LogP contribution in [0, 0.1) is 6.92 Å². The van der Waals surface area contributed by atoms with Crippen molar-refractivity contribution >= 4 is 17.4 Å². The number of aliphatic hydroxyl groups excluding tert-OH is 1. The summed E-state index contributed by atoms with van der Waals surface area (Å²) in [5.74, 6) is -0.327. The van der Waals surface area contributed by atoms with E-state index in [2.05, 4.69) is 4.90 Å². The van der Waals surface area contributed by atoms with Gasteiger partial charge in [-0.25, -0.2) is 0 Å². The van der Waals surface area contributed by atoms with Crippen LogP contribution in [0.4, 0.5) is 0 Å². The number of hydrogen-bond acceptors (Lipinski definition) is 7. The van der Waals surface area contributed by atoms with Gasteiger partial charge in [0.25, 0.3) is 11.7 Å². The highest BCUT2D eigenvalue weighted by atomic mass is 16.5. The zero-order valence-electron chi connectivity index (χ0n) is 21.9. The molecule has 2 heterocycles. The fraction of sp³-hybridized carbons (Fsp3) is 0.448. The highest BCUT2D eigenvalue weighted by molar-refractivity contribution is 6.46. The zero-order chi connectivity index (χ0) is 26.4. The number of carbonyl (C=O) groups excluding carboxylic acids is 2. The number of likely N-dealkylation sites (tertiary alicyclic amines) is 1. The third-order valence-electron chi connectivity index (χ3n) is 6.73. The topological polar surface area (TPSA) is 88.5 Å². The number of benzene rings is 2. The molecular formula is C29H36N2O6. The van der Waals surface area contributed by atoms with Crippen LogP contribution in [-0.2, 0) is 14.3 Å². The molecule has 0 saturated carbocycles. The van der Waals surface area contributed by atoms with Gasteiger partial charge < -0.3 is 24.2 Å². The molecule has 8 heteroatoms. The van der Waals surface area contributed by atoms with Crippen LogP contribution < -0.4 is 9.47 Å². The van der Waals surface area contributed by atoms with Gasteiger partial charge in [-0.3, -0.25) is 14.5 Å². The molecule has 2 fully saturated rings. The smallest absolute Gasteiger partial charge is 0.295 e. The fourth-order valence-electron chi connectivity index (χ4n) is 4.85. The summed E-state index contributed by atoms with van der Waals surface area (Å²) in [5.41, 5.74) is 2.31. The standard InChI is InChI=1S/C29H36N2O6/c1-4-36-23-12-11-22(19-24(23)37-5-2)26-25(27(32)21-9-7-20(3)8-10-21)28(33)29(34)31(26)14-6-13-30-15-17-35-18-16-30/h7-12,19,26,32H,4-6,13-18H2,1-3H3/t26-/m1/s1. The van der Waals surface area contributed by atoms with E-state index in [0.29, 0.717) is 62.0 Å². The fourth-order valence-corrected chi connectivity index (χ4v) is 4.85. The Bertz CT molecular complexity index is 1140. The van der Waals surface area contributed by atoms with E-state index in [1.807, 2.05) is 45.0 Å². The summed E-state index contributed by atoms with van der Waals surface area (Å²) < 4.78 is 17.0. The number of aliphatic hydroxyl groups is 1. The second-order valence-corrected chi connectivity index (χ2v) is 9.24. The minimum atomic E-state index is -0.735. The van der Waals surface area contributed by atoms with Gasteiger partial charge in [0.1, 0.15) is 5.76 Å². The number of ether oxygens (including phenoxy) is 3. The molecule has 8 nitrogen and oxygen atoms in total. The molecule has 0 bridgehead atoms. The van der Waals surface area contributed by atoms with E-state index < -0.39 is 17.7 Å². The molecular weight excluding hydrogens is 472 g/mol. The van der Waals surface area contributed by atoms with Gasteiger partial charge in [0.05, 0.1) is 38.0 Å². The maximum atomic E-state index is 13.3. The Hall–Kier alpha value is -3.36. The van der Waals surface area contributed by atoms with Crippen LogP contribution in [0.5, 0.6) is 11.5 Å². The number of aryl methyl sites for hydroxylation is 1. The van der Waals surface area contributed by atoms with Gasteiger partial charge in [0.2, 0.25) is 0 Å². The Kier molecular flexibility index (Phi) is 8.84. The number of nitrogens with zero attached hydrogens (tertiary/aromatic N) is 2. The SMILES string of the molecule is CCOc1ccc([C@@H]2C(=C(O)c3ccc(C)cc3)C(=O)C(=O)N2CCCN2CCOCC2)cc1OCC. The minimum Gasteiger partial charge on any atom is -0.507 e. The molecule has 0 unspecified atom stereocenters. The summed E-state index contributed by atoms with van der Waals surface area (Å²) >= 11 is 0. The third kappa shape index (κ3) is 5.97. The van der Waals surface area contributed by atoms with Crippen LogP contribution in [0.1, 0.15) is 43.0 Å². The summed E-state index contributed by atoms with van der Waals surface area (Å²) in [6, 6.07) is 12.0. The third-order valence-corrected chi connectivity index (χ3v) is 6.73. The van der Waals surface area contributed by atoms with Crippen LogP contribution in [0.25, 0.3) is 5.76 Å². The molecule has 2 aromatic carbocycles. The Balaban J connectivity index is 1.72. The van der Waals surface area contributed by atoms with Crippen molar-refractivity contribution in [3.8, 4) is 11.5 Å². The van der Waals surface area contributed by atoms with Gasteiger partial charge in [-0.15, -0.1) is 0 Å². The average molecular weight is 509 g/mol. The molecule has 1 amide bonds. The Morgan fingerprint density at radius 1 is 0.973 bits per heavy atom. The summed E-state index contributed by atoms with van der Waals surface area (Å²) in [4.78, 5) is 30.5. The lowest BCUT2D eigenvalue weighted by Gasteiger charge is -2.29. The molecule has 0 aromatic heterocycles. The molecule has 198 valence electrons. The molecule has 2 aromatic rings. The summed E-state index contributed by atoms with van der Waals surface area (Å²) in [6.45, 7) is 10.9. The number of ketones is 1. The van der Waals surface area contributed by atoms with Crippen LogP contribution >= 0.6 is 0 Å². The van der Waals surface area contributed by atoms with Gasteiger partial charge in [-0.05, 0) is 44.9 Å². The first-order chi connectivity index (χ1) is 17.9. The van der Waals surface area contributed by atoms with Crippen LogP contribution in [0.2, 0.25) is 0 Å². The molecule has 2 aliphatic rings. The van der Waals surface area contributed by atoms with Crippen molar-refractivity contribution in [2.24, 2.45) is 0 Å². The first kappa shape index (κ1) is 26.7. The minimum absolute atomic E-state index is 0.0897. The van der Waals surface area contributed by atoms with E-state index in [1.165, 1.54) is 0 Å². The molecule has 0 spiro atoms. The second kappa shape index (κ2) is 12.3. The number of carbonyl (C=O) groups is 2. The van der Waals surface area contributed by atoms with Gasteiger partial charge in [-0.1, -0.05) is 35.9 Å². The molecule has 1 N–H and O–H groups in total. The number of rotatable bonds is 10. The highest BCUT2D eigenvalue weighted by Crippen LogP contribution is 2.42. The van der Waals surface area contributed by atoms with Crippen molar-refractivity contribution in [1.29, 1.82) is 0 Å². The Labute approximate surface area is 218 Å². The Morgan fingerprint density at radius 3 is 2.32 bits per heavy atom. The largest absolute Gasteiger partial charge is 0.507 e. The van der Waals surface area contributed by atoms with E-state index in [9.17, 15) is 14.7 Å². The number of morpholine rings is 1. The van der Waals surface area contributed by atoms with E-state index in [-0.39, 0.29) is 11.3 Å². The monoisotopic (exact) mass is 508 g/mol. The first-order valence-corrected chi connectivity index (χ1v) is 13.0. The van der Waals surface area contributed by atoms with Crippen molar-refractivity contribution < 1.29 is 28.9 Å². The van der Waals surface area contributed by atoms with Crippen LogP contribution in [0.3, 0.4) is 0 Å². The van der Waals surface area contributed by atoms with Crippen molar-refractivity contribution in [3.05, 3.63) is 64.7 Å². The number of Topliss-reactive ketones (excluding diaryl/α,β-unsaturated/α-hetero) is 1. The van der Waals surface area contributed by atoms with E-state index in [4.69, 9.17) is 14.2 Å². The molecule has 0 radical (unpaired) electrons. The normalized spacial score (nSPS) is 19.9. The highest BCUT2D eigenvalue weighted by Gasteiger charge is 2.46. The lowest BCUT2D eigenvalue weighted by molar-refractivity contribution is -0.140. The maximum absolute atomic E-state index is 13.3. The van der Waals surface area contributed by atoms with Crippen LogP contribution in [-0.4, -0.2) is 79.2 Å². The molecule has 2 saturated heterocycles. The molecule has 1 atom stereocenters. The van der Waals surface area contributed by atoms with Gasteiger partial charge in [-0.2, -0.15) is 0 Å². The van der Waals surface area contributed by atoms with Crippen molar-refractivity contribution in [2.45, 2.75) is 33.2 Å². The van der Waals surface area contributed by atoms with Crippen molar-refractivity contribution in [2.75, 3.05) is 52.6 Å². The van der Waals surface area contributed by atoms with E-state index >= 15 is 0 Å². The second-order valence-electron chi connectivity index (χ2n) is 9.24. The van der Waals surface area contributed by atoms with Gasteiger partial charge in [0.15, 0.2) is 11.5 Å². The number of hydrogen-bond donors (Lipinski definition) is 1. The van der Waals surface area contributed by atoms with Gasteiger partial charge in [0, 0.05) is 31.7 Å². The maximum Gasteiger partial charge on any atom is 0.295 e. The average Bonchev–Trinajstić information content (AvgIpc) is 3.16. The molecule has 2 aliphatic heterocycles. The van der Waals surface area contributed by atoms with Crippen molar-refractivity contribution in [1.82, 2.24) is 9.80 Å². The van der Waals surface area contributed by atoms with Crippen LogP contribution in [0.15, 0.2) is 48.0 Å². The molecule has 37 heavy (non-hydrogen) atoms. The molecule has 0 aliphatic carbocycles. The predicted molar refractivity (Wildman–Crippen MR) is 141 cm³/mol. The van der Waals surface area contributed by atoms with Crippen molar-refractivity contribution in [3.63, 3.8) is 0 Å². The zero-order valence-corrected chi connectivity index (χ0v) is 21.9. The first-order valence-electron chi connectivity index (χ1n) is 13.0. The quantitative estimate of drug-likeness (QED) is 0.295. The lowest BCUT2D eigenvalue weighted by Crippen LogP contribution is -2.39. The lowest BCUT2D eigenvalue weighted by atomic mass is 9.94. The summed E-state index contributed by atoms with van der Waals surface area (Å²) in [6.07, 6.45) is 0.698.